The Labute approximate surface area is 205 Å². The summed E-state index contributed by atoms with van der Waals surface area (Å²) in [5.74, 6) is 1.57. The minimum atomic E-state index is 0.750. The Morgan fingerprint density at radius 2 is 1.79 bits per heavy atom. The van der Waals surface area contributed by atoms with Gasteiger partial charge in [0.05, 0.1) is 25.6 Å². The molecular weight excluding hydrogens is 498 g/mol. The zero-order valence-electron chi connectivity index (χ0n) is 18.2. The van der Waals surface area contributed by atoms with Gasteiger partial charge in [0.25, 0.3) is 0 Å². The lowest BCUT2D eigenvalue weighted by Crippen LogP contribution is -2.11. The molecule has 7 heteroatoms. The van der Waals surface area contributed by atoms with E-state index in [1.807, 2.05) is 77.5 Å². The van der Waals surface area contributed by atoms with Crippen molar-refractivity contribution in [3.8, 4) is 22.8 Å². The fourth-order valence-corrected chi connectivity index (χ4v) is 4.44. The molecule has 0 aliphatic heterocycles. The van der Waals surface area contributed by atoms with E-state index >= 15 is 0 Å². The Kier molecular flexibility index (Phi) is 7.55. The Hall–Kier alpha value is -3.42. The first-order valence-corrected chi connectivity index (χ1v) is 11.8. The number of aromatic nitrogens is 1. The van der Waals surface area contributed by atoms with Gasteiger partial charge in [-0.2, -0.15) is 5.10 Å². The second kappa shape index (κ2) is 10.9. The van der Waals surface area contributed by atoms with Gasteiger partial charge in [0.2, 0.25) is 4.80 Å². The average Bonchev–Trinajstić information content (AvgIpc) is 3.24. The molecular formula is C26H22BrN3O2S. The van der Waals surface area contributed by atoms with Gasteiger partial charge in [-0.3, -0.25) is 0 Å². The van der Waals surface area contributed by atoms with Crippen molar-refractivity contribution >= 4 is 45.2 Å². The number of nitrogens with zero attached hydrogens (tertiary/aromatic N) is 3. The summed E-state index contributed by atoms with van der Waals surface area (Å²) in [5, 5.41) is 6.77. The molecule has 0 atom stereocenters. The van der Waals surface area contributed by atoms with E-state index in [0.29, 0.717) is 0 Å². The van der Waals surface area contributed by atoms with Crippen LogP contribution in [-0.2, 0) is 0 Å². The van der Waals surface area contributed by atoms with Crippen LogP contribution in [0.2, 0.25) is 0 Å². The summed E-state index contributed by atoms with van der Waals surface area (Å²) in [5.41, 5.74) is 3.77. The highest BCUT2D eigenvalue weighted by atomic mass is 79.9. The lowest BCUT2D eigenvalue weighted by molar-refractivity contribution is 0.414. The van der Waals surface area contributed by atoms with Gasteiger partial charge in [-0.05, 0) is 42.5 Å². The number of methoxy groups -OCH3 is 2. The summed E-state index contributed by atoms with van der Waals surface area (Å²) in [6.07, 6.45) is 5.61. The van der Waals surface area contributed by atoms with Gasteiger partial charge < -0.3 is 9.47 Å². The minimum Gasteiger partial charge on any atom is -0.497 e. The van der Waals surface area contributed by atoms with Crippen molar-refractivity contribution in [2.45, 2.75) is 0 Å². The summed E-state index contributed by atoms with van der Waals surface area (Å²) < 4.78 is 13.6. The lowest BCUT2D eigenvalue weighted by atomic mass is 10.2. The maximum atomic E-state index is 5.41. The summed E-state index contributed by atoms with van der Waals surface area (Å²) in [4.78, 5) is 5.56. The third-order valence-corrected chi connectivity index (χ3v) is 6.08. The maximum Gasteiger partial charge on any atom is 0.211 e. The van der Waals surface area contributed by atoms with Crippen molar-refractivity contribution in [3.63, 3.8) is 0 Å². The number of hydrogen-bond donors (Lipinski definition) is 0. The van der Waals surface area contributed by atoms with Crippen molar-refractivity contribution in [2.75, 3.05) is 14.2 Å². The van der Waals surface area contributed by atoms with E-state index in [9.17, 15) is 0 Å². The normalized spacial score (nSPS) is 12.0. The highest BCUT2D eigenvalue weighted by Gasteiger charge is 2.08. The Morgan fingerprint density at radius 3 is 2.61 bits per heavy atom. The Balaban J connectivity index is 1.75. The van der Waals surface area contributed by atoms with Crippen LogP contribution in [0.5, 0.6) is 11.5 Å². The molecule has 0 unspecified atom stereocenters. The van der Waals surface area contributed by atoms with Crippen molar-refractivity contribution in [3.05, 3.63) is 99.1 Å². The molecule has 1 heterocycles. The largest absolute Gasteiger partial charge is 0.497 e. The number of ether oxygens (including phenoxy) is 2. The van der Waals surface area contributed by atoms with Crippen LogP contribution in [0.15, 0.2) is 98.8 Å². The summed E-state index contributed by atoms with van der Waals surface area (Å²) in [6.45, 7) is 0. The number of benzene rings is 3. The number of para-hydroxylation sites is 1. The number of thiazole rings is 1. The number of hydrogen-bond acceptors (Lipinski definition) is 5. The van der Waals surface area contributed by atoms with Gasteiger partial charge in [-0.15, -0.1) is 11.3 Å². The van der Waals surface area contributed by atoms with E-state index in [4.69, 9.17) is 19.6 Å². The van der Waals surface area contributed by atoms with Crippen LogP contribution in [0, 0.1) is 0 Å². The molecule has 0 bridgehead atoms. The zero-order chi connectivity index (χ0) is 23.0. The number of rotatable bonds is 7. The first-order valence-electron chi connectivity index (χ1n) is 10.2. The number of halogens is 1. The van der Waals surface area contributed by atoms with Crippen LogP contribution in [0.4, 0.5) is 5.69 Å². The first-order chi connectivity index (χ1) is 16.2. The Morgan fingerprint density at radius 1 is 0.939 bits per heavy atom. The van der Waals surface area contributed by atoms with Gasteiger partial charge in [0.1, 0.15) is 11.5 Å². The van der Waals surface area contributed by atoms with E-state index in [0.717, 1.165) is 43.3 Å². The second-order valence-electron chi connectivity index (χ2n) is 6.90. The molecule has 0 fully saturated rings. The van der Waals surface area contributed by atoms with Crippen LogP contribution < -0.4 is 14.3 Å². The van der Waals surface area contributed by atoms with Crippen molar-refractivity contribution < 1.29 is 9.47 Å². The molecule has 33 heavy (non-hydrogen) atoms. The fourth-order valence-electron chi connectivity index (χ4n) is 3.18. The van der Waals surface area contributed by atoms with Gasteiger partial charge in [-0.1, -0.05) is 52.3 Å². The molecule has 1 aromatic heterocycles. The highest BCUT2D eigenvalue weighted by molar-refractivity contribution is 9.10. The van der Waals surface area contributed by atoms with Crippen LogP contribution in [0.3, 0.4) is 0 Å². The van der Waals surface area contributed by atoms with E-state index in [2.05, 4.69) is 33.4 Å². The predicted molar refractivity (Wildman–Crippen MR) is 140 cm³/mol. The molecule has 0 saturated carbocycles. The van der Waals surface area contributed by atoms with Crippen molar-refractivity contribution in [1.82, 2.24) is 4.68 Å². The molecule has 0 radical (unpaired) electrons. The molecule has 3 aromatic carbocycles. The molecule has 5 nitrogen and oxygen atoms in total. The van der Waals surface area contributed by atoms with Crippen molar-refractivity contribution in [1.29, 1.82) is 0 Å². The van der Waals surface area contributed by atoms with E-state index < -0.39 is 0 Å². The topological polar surface area (TPSA) is 48.1 Å². The van der Waals surface area contributed by atoms with Gasteiger partial charge in [0.15, 0.2) is 0 Å². The summed E-state index contributed by atoms with van der Waals surface area (Å²) in [6, 6.07) is 23.6. The smallest absolute Gasteiger partial charge is 0.211 e. The van der Waals surface area contributed by atoms with Crippen LogP contribution in [-0.4, -0.2) is 25.1 Å². The molecule has 0 N–H and O–H groups in total. The quantitative estimate of drug-likeness (QED) is 0.253. The van der Waals surface area contributed by atoms with Crippen LogP contribution >= 0.6 is 27.3 Å². The van der Waals surface area contributed by atoms with E-state index in [1.165, 1.54) is 11.3 Å². The number of allylic oxidation sites excluding steroid dienone is 1. The summed E-state index contributed by atoms with van der Waals surface area (Å²) >= 11 is 5.09. The minimum absolute atomic E-state index is 0.750. The fraction of sp³-hybridized carbons (Fsp3) is 0.0769. The van der Waals surface area contributed by atoms with Gasteiger partial charge in [0, 0.05) is 33.3 Å². The van der Waals surface area contributed by atoms with Gasteiger partial charge >= 0.3 is 0 Å². The molecule has 4 rings (SSSR count). The monoisotopic (exact) mass is 519 g/mol. The first kappa shape index (κ1) is 22.8. The molecule has 166 valence electrons. The molecule has 4 aromatic rings. The molecule has 0 saturated heterocycles. The molecule has 0 aliphatic rings. The maximum absolute atomic E-state index is 5.41. The zero-order valence-corrected chi connectivity index (χ0v) is 20.6. The predicted octanol–water partition coefficient (Wildman–Crippen LogP) is 6.78. The highest BCUT2D eigenvalue weighted by Crippen LogP contribution is 2.25. The molecule has 0 aliphatic carbocycles. The standard InChI is InChI=1S/C26H22BrN3O2S/c1-31-23-13-6-12-22(17-23)29-26-30(24(18-33-26)20-9-5-11-21(27)16-20)28-15-7-10-19-8-3-4-14-25(19)32-2/h3-18H,1-2H3/b10-7+,28-15-,29-26?. The third-order valence-electron chi connectivity index (χ3n) is 4.77. The van der Waals surface area contributed by atoms with Gasteiger partial charge in [-0.25, -0.2) is 9.67 Å². The van der Waals surface area contributed by atoms with E-state index in [1.54, 1.807) is 20.4 Å². The Bertz CT molecular complexity index is 1370. The molecule has 0 spiro atoms. The summed E-state index contributed by atoms with van der Waals surface area (Å²) in [7, 11) is 3.31. The SMILES string of the molecule is COc1cccc(N=c2scc(-c3cccc(Br)c3)n2/N=C\C=C\c2ccccc2OC)c1. The molecule has 0 amide bonds. The third kappa shape index (κ3) is 5.69. The van der Waals surface area contributed by atoms with Crippen LogP contribution in [0.1, 0.15) is 5.56 Å². The van der Waals surface area contributed by atoms with E-state index in [-0.39, 0.29) is 0 Å². The second-order valence-corrected chi connectivity index (χ2v) is 8.66. The average molecular weight is 520 g/mol. The van der Waals surface area contributed by atoms with Crippen molar-refractivity contribution in [2.24, 2.45) is 10.1 Å². The van der Waals surface area contributed by atoms with Crippen LogP contribution in [0.25, 0.3) is 17.3 Å². The lowest BCUT2D eigenvalue weighted by Gasteiger charge is -2.04.